The van der Waals surface area contributed by atoms with Crippen molar-refractivity contribution in [3.63, 3.8) is 0 Å². The number of nitrogens with one attached hydrogen (secondary N) is 1. The number of aliphatic hydroxyl groups excluding tert-OH is 1. The van der Waals surface area contributed by atoms with Crippen LogP contribution in [0.25, 0.3) is 0 Å². The molecule has 3 amide bonds. The summed E-state index contributed by atoms with van der Waals surface area (Å²) in [4.78, 5) is 62.5. The van der Waals surface area contributed by atoms with Crippen LogP contribution >= 0.6 is 15.9 Å². The number of aliphatic hydroxyl groups is 1. The molecule has 2 aromatic carbocycles. The Morgan fingerprint density at radius 1 is 1.07 bits per heavy atom. The summed E-state index contributed by atoms with van der Waals surface area (Å²) in [5.41, 5.74) is -0.0570. The highest BCUT2D eigenvalue weighted by Crippen LogP contribution is 2.61. The van der Waals surface area contributed by atoms with Gasteiger partial charge in [-0.25, -0.2) is 0 Å². The Labute approximate surface area is 325 Å². The zero-order chi connectivity index (χ0) is 38.4. The first kappa shape index (κ1) is 39.8. The molecule has 290 valence electrons. The van der Waals surface area contributed by atoms with Crippen molar-refractivity contribution in [2.45, 2.75) is 66.9 Å². The van der Waals surface area contributed by atoms with Crippen LogP contribution in [0.2, 0.25) is 0 Å². The van der Waals surface area contributed by atoms with Crippen molar-refractivity contribution in [1.29, 1.82) is 0 Å². The molecule has 1 spiro atoms. The number of nitrogens with zero attached hydrogens (tertiary/aromatic N) is 3. The highest BCUT2D eigenvalue weighted by molar-refractivity contribution is 9.09. The minimum Gasteiger partial charge on any atom is -0.455 e. The first-order valence-corrected chi connectivity index (χ1v) is 19.7. The number of carbonyl (C=O) groups is 4. The fourth-order valence-electron chi connectivity index (χ4n) is 8.63. The van der Waals surface area contributed by atoms with Crippen molar-refractivity contribution in [1.82, 2.24) is 20.0 Å². The van der Waals surface area contributed by atoms with Gasteiger partial charge >= 0.3 is 5.97 Å². The molecule has 4 aliphatic heterocycles. The number of rotatable bonds is 17. The Morgan fingerprint density at radius 2 is 1.74 bits per heavy atom. The lowest BCUT2D eigenvalue weighted by Gasteiger charge is -2.40. The number of morpholine rings is 1. The van der Waals surface area contributed by atoms with Crippen LogP contribution in [0.3, 0.4) is 0 Å². The first-order valence-electron chi connectivity index (χ1n) is 18.8. The number of alkyl halides is 1. The van der Waals surface area contributed by atoms with E-state index in [2.05, 4.69) is 39.3 Å². The van der Waals surface area contributed by atoms with Crippen LogP contribution < -0.4 is 5.32 Å². The third-order valence-electron chi connectivity index (χ3n) is 11.2. The number of fused-ring (bicyclic) bond motifs is 1. The van der Waals surface area contributed by atoms with Crippen LogP contribution in [0.15, 0.2) is 86.0 Å². The molecule has 0 aliphatic carbocycles. The van der Waals surface area contributed by atoms with Gasteiger partial charge in [-0.3, -0.25) is 24.1 Å². The summed E-state index contributed by atoms with van der Waals surface area (Å²) in [6.07, 6.45) is 2.72. The molecule has 2 N–H and O–H groups in total. The molecule has 6 rings (SSSR count). The van der Waals surface area contributed by atoms with Gasteiger partial charge in [0, 0.05) is 44.0 Å². The molecule has 13 heteroatoms. The van der Waals surface area contributed by atoms with Crippen LogP contribution in [0.4, 0.5) is 0 Å². The lowest BCUT2D eigenvalue weighted by Crippen LogP contribution is -2.58. The maximum absolute atomic E-state index is 15.1. The maximum atomic E-state index is 15.1. The minimum absolute atomic E-state index is 0.210. The van der Waals surface area contributed by atoms with Gasteiger partial charge in [-0.1, -0.05) is 88.7 Å². The SMILES string of the molecule is C=CCCC(=O)N[C@H](C)[C@@H](OC(=O)[C@H]1[C@@H]2O[C@@]3(CC2Br)[C@@H]1C(=O)N([C@H](CO)c1ccccc1)[C@@H]3C(=O)N(CC=C)CCN1CCOCC1)c1ccccc1. The van der Waals surface area contributed by atoms with Gasteiger partial charge < -0.3 is 34.4 Å². The molecule has 1 unspecified atom stereocenters. The summed E-state index contributed by atoms with van der Waals surface area (Å²) in [5, 5.41) is 13.9. The number of ether oxygens (including phenoxy) is 3. The van der Waals surface area contributed by atoms with Gasteiger partial charge in [0.1, 0.15) is 17.7 Å². The summed E-state index contributed by atoms with van der Waals surface area (Å²) < 4.78 is 18.6. The number of allylic oxidation sites excluding steroid dienone is 1. The van der Waals surface area contributed by atoms with Gasteiger partial charge in [0.05, 0.1) is 49.8 Å². The van der Waals surface area contributed by atoms with E-state index in [9.17, 15) is 14.7 Å². The van der Waals surface area contributed by atoms with Crippen molar-refractivity contribution in [3.8, 4) is 0 Å². The Hall–Kier alpha value is -3.88. The lowest BCUT2D eigenvalue weighted by atomic mass is 9.70. The Bertz CT molecular complexity index is 1660. The quantitative estimate of drug-likeness (QED) is 0.140. The number of halogens is 1. The molecule has 0 aromatic heterocycles. The molecule has 12 nitrogen and oxygen atoms in total. The summed E-state index contributed by atoms with van der Waals surface area (Å²) in [7, 11) is 0. The third kappa shape index (κ3) is 7.92. The highest BCUT2D eigenvalue weighted by Gasteiger charge is 2.77. The lowest BCUT2D eigenvalue weighted by molar-refractivity contribution is -0.162. The van der Waals surface area contributed by atoms with Gasteiger partial charge in [0.2, 0.25) is 17.7 Å². The summed E-state index contributed by atoms with van der Waals surface area (Å²) >= 11 is 3.76. The summed E-state index contributed by atoms with van der Waals surface area (Å²) in [6.45, 7) is 12.9. The van der Waals surface area contributed by atoms with Crippen LogP contribution in [0.5, 0.6) is 0 Å². The van der Waals surface area contributed by atoms with E-state index < -0.39 is 66.3 Å². The molecule has 0 saturated carbocycles. The minimum atomic E-state index is -1.38. The Morgan fingerprint density at radius 3 is 2.37 bits per heavy atom. The van der Waals surface area contributed by atoms with Gasteiger partial charge in [-0.2, -0.15) is 0 Å². The van der Waals surface area contributed by atoms with Crippen LogP contribution in [0, 0.1) is 11.8 Å². The van der Waals surface area contributed by atoms with E-state index in [4.69, 9.17) is 14.2 Å². The Balaban J connectivity index is 1.36. The molecule has 4 aliphatic rings. The number of likely N-dealkylation sites (tertiary alicyclic amines) is 1. The molecule has 0 radical (unpaired) electrons. The number of hydrogen-bond acceptors (Lipinski definition) is 9. The van der Waals surface area contributed by atoms with E-state index in [-0.39, 0.29) is 29.6 Å². The van der Waals surface area contributed by atoms with Crippen molar-refractivity contribution < 1.29 is 38.5 Å². The van der Waals surface area contributed by atoms with Crippen molar-refractivity contribution in [2.24, 2.45) is 11.8 Å². The smallest absolute Gasteiger partial charge is 0.313 e. The first-order chi connectivity index (χ1) is 26.1. The van der Waals surface area contributed by atoms with Gasteiger partial charge in [-0.05, 0) is 30.9 Å². The highest BCUT2D eigenvalue weighted by atomic mass is 79.9. The van der Waals surface area contributed by atoms with Crippen molar-refractivity contribution in [3.05, 3.63) is 97.1 Å². The predicted molar refractivity (Wildman–Crippen MR) is 205 cm³/mol. The zero-order valence-corrected chi connectivity index (χ0v) is 32.3. The standard InChI is InChI=1S/C41H51BrN4O8/c1-4-6-17-32(48)43-27(3)35(29-15-11-8-12-16-29)53-40(51)33-34-38(49)46(31(26-47)28-13-9-7-10-14-28)37(41(34)25-30(42)36(33)54-41)39(50)45(18-5-2)20-19-44-21-23-52-24-22-44/h4-5,7-16,27,30-31,33-37,47H,1-2,6,17-26H2,3H3,(H,43,48)/t27-,30?,31-,33-,34+,35-,36-,37-,41+/m1/s1. The van der Waals surface area contributed by atoms with Crippen LogP contribution in [-0.2, 0) is 33.4 Å². The molecular formula is C41H51BrN4O8. The monoisotopic (exact) mass is 806 g/mol. The van der Waals surface area contributed by atoms with E-state index in [1.165, 1.54) is 4.90 Å². The van der Waals surface area contributed by atoms with Crippen molar-refractivity contribution >= 4 is 39.6 Å². The van der Waals surface area contributed by atoms with Crippen LogP contribution in [0.1, 0.15) is 49.5 Å². The molecule has 4 fully saturated rings. The average Bonchev–Trinajstić information content (AvgIpc) is 3.79. The summed E-state index contributed by atoms with van der Waals surface area (Å²) in [6, 6.07) is 15.6. The second-order valence-corrected chi connectivity index (χ2v) is 15.7. The largest absolute Gasteiger partial charge is 0.455 e. The summed E-state index contributed by atoms with van der Waals surface area (Å²) in [5.74, 6) is -3.78. The Kier molecular flexibility index (Phi) is 13.1. The maximum Gasteiger partial charge on any atom is 0.313 e. The van der Waals surface area contributed by atoms with Gasteiger partial charge in [0.15, 0.2) is 0 Å². The van der Waals surface area contributed by atoms with Gasteiger partial charge in [-0.15, -0.1) is 13.2 Å². The van der Waals surface area contributed by atoms with Crippen LogP contribution in [-0.4, -0.2) is 125 Å². The molecular weight excluding hydrogens is 756 g/mol. The van der Waals surface area contributed by atoms with E-state index in [1.807, 2.05) is 60.7 Å². The number of esters is 1. The van der Waals surface area contributed by atoms with Crippen molar-refractivity contribution in [2.75, 3.05) is 52.5 Å². The van der Waals surface area contributed by atoms with E-state index in [0.29, 0.717) is 50.3 Å². The number of amides is 3. The number of benzene rings is 2. The molecule has 9 atom stereocenters. The number of hydrogen-bond donors (Lipinski definition) is 2. The predicted octanol–water partition coefficient (Wildman–Crippen LogP) is 3.57. The number of carbonyl (C=O) groups excluding carboxylic acids is 4. The molecule has 4 saturated heterocycles. The zero-order valence-electron chi connectivity index (χ0n) is 30.8. The van der Waals surface area contributed by atoms with Gasteiger partial charge in [0.25, 0.3) is 0 Å². The molecule has 4 heterocycles. The third-order valence-corrected chi connectivity index (χ3v) is 12.0. The topological polar surface area (TPSA) is 138 Å². The molecule has 2 aromatic rings. The second kappa shape index (κ2) is 17.7. The van der Waals surface area contributed by atoms with E-state index >= 15 is 9.59 Å². The second-order valence-electron chi connectivity index (χ2n) is 14.5. The molecule has 2 bridgehead atoms. The average molecular weight is 808 g/mol. The normalized spacial score (nSPS) is 27.8. The van der Waals surface area contributed by atoms with E-state index in [1.54, 1.807) is 24.0 Å². The van der Waals surface area contributed by atoms with E-state index in [0.717, 1.165) is 13.1 Å². The fourth-order valence-corrected chi connectivity index (χ4v) is 9.57. The fraction of sp³-hybridized carbons (Fsp3) is 0.512. The molecule has 54 heavy (non-hydrogen) atoms.